The normalized spacial score (nSPS) is 24.0. The fraction of sp³-hybridized carbons (Fsp3) is 0.357. The van der Waals surface area contributed by atoms with Gasteiger partial charge in [0.2, 0.25) is 0 Å². The average molecular weight is 515 g/mol. The number of aliphatic hydroxyl groups excluding tert-OH is 3. The standard InChI is InChI=1S/C28H31ClO7/c1-33-28-26(32)24(30)25(31)27(36-28)20-9-12-23(29)21(16-20)15-18-7-10-22(11-8-18)35-14-13-34-17-19-5-3-2-4-6-19/h2-12,16,24-28,30-32H,13-15,17H2,1H3/t24-,25-,26+,27+,28?/m1/s1. The number of benzene rings is 3. The molecule has 0 bridgehead atoms. The van der Waals surface area contributed by atoms with Gasteiger partial charge in [0.15, 0.2) is 6.29 Å². The molecule has 1 unspecified atom stereocenters. The van der Waals surface area contributed by atoms with E-state index in [0.29, 0.717) is 36.8 Å². The van der Waals surface area contributed by atoms with Gasteiger partial charge in [-0.05, 0) is 46.9 Å². The SMILES string of the molecule is COC1O[C@@H](c2ccc(Cl)c(Cc3ccc(OCCOCc4ccccc4)cc3)c2)[C@H](O)[C@@H](O)[C@@H]1O. The van der Waals surface area contributed by atoms with Gasteiger partial charge < -0.3 is 34.3 Å². The largest absolute Gasteiger partial charge is 0.491 e. The van der Waals surface area contributed by atoms with Crippen molar-refractivity contribution in [3.8, 4) is 5.75 Å². The van der Waals surface area contributed by atoms with Crippen LogP contribution >= 0.6 is 11.6 Å². The van der Waals surface area contributed by atoms with Gasteiger partial charge in [0.1, 0.15) is 36.8 Å². The highest BCUT2D eigenvalue weighted by Gasteiger charge is 2.44. The molecule has 0 spiro atoms. The van der Waals surface area contributed by atoms with E-state index >= 15 is 0 Å². The van der Waals surface area contributed by atoms with Crippen LogP contribution in [0, 0.1) is 0 Å². The Bertz CT molecular complexity index is 1090. The van der Waals surface area contributed by atoms with E-state index in [1.807, 2.05) is 60.7 Å². The quantitative estimate of drug-likeness (QED) is 0.355. The van der Waals surface area contributed by atoms with Gasteiger partial charge in [-0.15, -0.1) is 0 Å². The van der Waals surface area contributed by atoms with E-state index in [4.69, 9.17) is 30.5 Å². The van der Waals surface area contributed by atoms with Crippen molar-refractivity contribution in [2.75, 3.05) is 20.3 Å². The lowest BCUT2D eigenvalue weighted by Gasteiger charge is -2.40. The average Bonchev–Trinajstić information content (AvgIpc) is 2.90. The van der Waals surface area contributed by atoms with E-state index in [0.717, 1.165) is 22.4 Å². The molecule has 192 valence electrons. The molecule has 8 heteroatoms. The number of aliphatic hydroxyl groups is 3. The monoisotopic (exact) mass is 514 g/mol. The van der Waals surface area contributed by atoms with Crippen molar-refractivity contribution in [3.63, 3.8) is 0 Å². The van der Waals surface area contributed by atoms with E-state index in [9.17, 15) is 15.3 Å². The molecule has 1 heterocycles. The molecule has 7 nitrogen and oxygen atoms in total. The maximum absolute atomic E-state index is 10.5. The van der Waals surface area contributed by atoms with E-state index in [1.165, 1.54) is 7.11 Å². The highest BCUT2D eigenvalue weighted by Crippen LogP contribution is 2.34. The molecule has 3 N–H and O–H groups in total. The Labute approximate surface area is 215 Å². The third kappa shape index (κ3) is 6.63. The number of ether oxygens (including phenoxy) is 4. The maximum Gasteiger partial charge on any atom is 0.186 e. The molecule has 3 aromatic rings. The number of hydrogen-bond acceptors (Lipinski definition) is 7. The molecule has 36 heavy (non-hydrogen) atoms. The summed E-state index contributed by atoms with van der Waals surface area (Å²) in [4.78, 5) is 0. The number of halogens is 1. The second kappa shape index (κ2) is 12.7. The lowest BCUT2D eigenvalue weighted by molar-refractivity contribution is -0.292. The second-order valence-corrected chi connectivity index (χ2v) is 9.10. The Morgan fingerprint density at radius 3 is 2.31 bits per heavy atom. The van der Waals surface area contributed by atoms with Gasteiger partial charge in [-0.2, -0.15) is 0 Å². The molecule has 5 atom stereocenters. The lowest BCUT2D eigenvalue weighted by atomic mass is 9.92. The van der Waals surface area contributed by atoms with Gasteiger partial charge in [-0.25, -0.2) is 0 Å². The summed E-state index contributed by atoms with van der Waals surface area (Å²) in [6.07, 6.45) is -5.43. The summed E-state index contributed by atoms with van der Waals surface area (Å²) >= 11 is 6.45. The molecule has 4 rings (SSSR count). The van der Waals surface area contributed by atoms with Crippen molar-refractivity contribution in [1.82, 2.24) is 0 Å². The fourth-order valence-electron chi connectivity index (χ4n) is 4.13. The third-order valence-corrected chi connectivity index (χ3v) is 6.49. The molecule has 0 aromatic heterocycles. The highest BCUT2D eigenvalue weighted by atomic mass is 35.5. The summed E-state index contributed by atoms with van der Waals surface area (Å²) in [6.45, 7) is 1.49. The second-order valence-electron chi connectivity index (χ2n) is 8.69. The highest BCUT2D eigenvalue weighted by molar-refractivity contribution is 6.31. The summed E-state index contributed by atoms with van der Waals surface area (Å²) in [5, 5.41) is 31.3. The molecule has 1 aliphatic rings. The first kappa shape index (κ1) is 26.6. The van der Waals surface area contributed by atoms with Gasteiger partial charge in [-0.3, -0.25) is 0 Å². The topological polar surface area (TPSA) is 97.6 Å². The van der Waals surface area contributed by atoms with Crippen LogP contribution < -0.4 is 4.74 Å². The van der Waals surface area contributed by atoms with E-state index in [-0.39, 0.29) is 0 Å². The summed E-state index contributed by atoms with van der Waals surface area (Å²) in [6, 6.07) is 23.0. The number of hydrogen-bond donors (Lipinski definition) is 3. The van der Waals surface area contributed by atoms with Gasteiger partial charge in [0, 0.05) is 12.1 Å². The van der Waals surface area contributed by atoms with Crippen molar-refractivity contribution in [3.05, 3.63) is 100 Å². The molecule has 0 radical (unpaired) electrons. The summed E-state index contributed by atoms with van der Waals surface area (Å²) in [5.74, 6) is 0.749. The minimum Gasteiger partial charge on any atom is -0.491 e. The Morgan fingerprint density at radius 1 is 0.833 bits per heavy atom. The summed E-state index contributed by atoms with van der Waals surface area (Å²) in [7, 11) is 1.37. The van der Waals surface area contributed by atoms with Crippen molar-refractivity contribution in [2.45, 2.75) is 43.7 Å². The fourth-order valence-corrected chi connectivity index (χ4v) is 4.32. The Hall–Kier alpha value is -2.49. The number of rotatable bonds is 10. The Morgan fingerprint density at radius 2 is 1.58 bits per heavy atom. The van der Waals surface area contributed by atoms with Crippen LogP contribution in [0.4, 0.5) is 0 Å². The van der Waals surface area contributed by atoms with Crippen LogP contribution in [0.15, 0.2) is 72.8 Å². The van der Waals surface area contributed by atoms with Crippen LogP contribution in [0.25, 0.3) is 0 Å². The van der Waals surface area contributed by atoms with Crippen LogP contribution in [0.2, 0.25) is 5.02 Å². The van der Waals surface area contributed by atoms with E-state index < -0.39 is 30.7 Å². The van der Waals surface area contributed by atoms with Gasteiger partial charge in [-0.1, -0.05) is 66.2 Å². The maximum atomic E-state index is 10.5. The molecular formula is C28H31ClO7. The molecule has 1 saturated heterocycles. The Balaban J connectivity index is 1.33. The van der Waals surface area contributed by atoms with Gasteiger partial charge in [0.05, 0.1) is 13.2 Å². The molecule has 0 amide bonds. The van der Waals surface area contributed by atoms with Gasteiger partial charge in [0.25, 0.3) is 0 Å². The Kier molecular flexibility index (Phi) is 9.34. The zero-order valence-electron chi connectivity index (χ0n) is 20.0. The van der Waals surface area contributed by atoms with Crippen molar-refractivity contribution in [1.29, 1.82) is 0 Å². The first-order valence-corrected chi connectivity index (χ1v) is 12.2. The van der Waals surface area contributed by atoms with E-state index in [1.54, 1.807) is 12.1 Å². The van der Waals surface area contributed by atoms with Gasteiger partial charge >= 0.3 is 0 Å². The molecule has 0 aliphatic carbocycles. The van der Waals surface area contributed by atoms with Crippen molar-refractivity contribution < 1.29 is 34.3 Å². The lowest BCUT2D eigenvalue weighted by Crippen LogP contribution is -2.54. The van der Waals surface area contributed by atoms with Crippen LogP contribution in [0.5, 0.6) is 5.75 Å². The molecule has 1 aliphatic heterocycles. The minimum absolute atomic E-state index is 0.451. The zero-order chi connectivity index (χ0) is 25.5. The van der Waals surface area contributed by atoms with Crippen molar-refractivity contribution in [2.24, 2.45) is 0 Å². The first-order valence-electron chi connectivity index (χ1n) is 11.8. The van der Waals surface area contributed by atoms with Crippen LogP contribution in [0.1, 0.15) is 28.4 Å². The summed E-state index contributed by atoms with van der Waals surface area (Å²) in [5.41, 5.74) is 3.62. The van der Waals surface area contributed by atoms with Crippen molar-refractivity contribution >= 4 is 11.6 Å². The van der Waals surface area contributed by atoms with Crippen LogP contribution in [-0.2, 0) is 27.2 Å². The minimum atomic E-state index is -1.40. The zero-order valence-corrected chi connectivity index (χ0v) is 20.8. The molecule has 0 saturated carbocycles. The molecule has 1 fully saturated rings. The number of methoxy groups -OCH3 is 1. The van der Waals surface area contributed by atoms with E-state index in [2.05, 4.69) is 0 Å². The predicted octanol–water partition coefficient (Wildman–Crippen LogP) is 3.65. The smallest absolute Gasteiger partial charge is 0.186 e. The van der Waals surface area contributed by atoms with Crippen LogP contribution in [0.3, 0.4) is 0 Å². The predicted molar refractivity (Wildman–Crippen MR) is 135 cm³/mol. The molecule has 3 aromatic carbocycles. The van der Waals surface area contributed by atoms with Crippen LogP contribution in [-0.4, -0.2) is 60.2 Å². The molecular weight excluding hydrogens is 484 g/mol. The first-order chi connectivity index (χ1) is 17.5. The third-order valence-electron chi connectivity index (χ3n) is 6.13. The summed E-state index contributed by atoms with van der Waals surface area (Å²) < 4.78 is 22.2.